The van der Waals surface area contributed by atoms with Crippen molar-refractivity contribution in [2.75, 3.05) is 11.9 Å². The number of rotatable bonds is 7. The van der Waals surface area contributed by atoms with Crippen molar-refractivity contribution in [1.82, 2.24) is 15.3 Å². The van der Waals surface area contributed by atoms with Gasteiger partial charge >= 0.3 is 0 Å². The van der Waals surface area contributed by atoms with E-state index in [1.807, 2.05) is 36.4 Å². The van der Waals surface area contributed by atoms with Gasteiger partial charge in [-0.3, -0.25) is 4.79 Å². The molecule has 1 heterocycles. The largest absolute Gasteiger partial charge is 0.368 e. The molecule has 3 aromatic rings. The molecule has 1 amide bonds. The van der Waals surface area contributed by atoms with Gasteiger partial charge in [-0.05, 0) is 23.6 Å². The maximum atomic E-state index is 12.2. The van der Waals surface area contributed by atoms with Crippen molar-refractivity contribution in [2.24, 2.45) is 0 Å². The van der Waals surface area contributed by atoms with Crippen LogP contribution >= 0.6 is 11.6 Å². The molecule has 0 saturated heterocycles. The van der Waals surface area contributed by atoms with E-state index in [1.165, 1.54) is 11.8 Å². The fraction of sp³-hybridized carbons (Fsp3) is 0.150. The lowest BCUT2D eigenvalue weighted by atomic mass is 10.1. The Hall–Kier alpha value is -2.92. The molecule has 3 rings (SSSR count). The van der Waals surface area contributed by atoms with Crippen LogP contribution < -0.4 is 10.6 Å². The molecule has 6 heteroatoms. The van der Waals surface area contributed by atoms with E-state index >= 15 is 0 Å². The van der Waals surface area contributed by atoms with E-state index in [2.05, 4.69) is 32.7 Å². The number of benzene rings is 2. The second-order valence-electron chi connectivity index (χ2n) is 5.72. The first-order valence-electron chi connectivity index (χ1n) is 8.34. The van der Waals surface area contributed by atoms with Gasteiger partial charge in [-0.1, -0.05) is 60.1 Å². The number of carbonyl (C=O) groups is 1. The summed E-state index contributed by atoms with van der Waals surface area (Å²) < 4.78 is 0. The van der Waals surface area contributed by atoms with Gasteiger partial charge in [0.15, 0.2) is 0 Å². The summed E-state index contributed by atoms with van der Waals surface area (Å²) in [7, 11) is 0. The summed E-state index contributed by atoms with van der Waals surface area (Å²) in [6.07, 6.45) is 3.92. The molecule has 2 aromatic carbocycles. The molecule has 132 valence electrons. The van der Waals surface area contributed by atoms with Gasteiger partial charge in [0.05, 0.1) is 12.4 Å². The Kier molecular flexibility index (Phi) is 6.17. The van der Waals surface area contributed by atoms with Crippen LogP contribution in [0, 0.1) is 0 Å². The topological polar surface area (TPSA) is 66.9 Å². The zero-order valence-electron chi connectivity index (χ0n) is 14.2. The minimum absolute atomic E-state index is 0.269. The standard InChI is InChI=1S/C20H19ClN4O/c21-17-9-5-4-8-16(17)12-25-20(26)18-13-24-19(14-23-18)22-11-10-15-6-2-1-3-7-15/h1-9,13-14H,10-12H2,(H,22,24)(H,25,26). The molecule has 0 spiro atoms. The van der Waals surface area contributed by atoms with Crippen LogP contribution in [0.5, 0.6) is 0 Å². The third-order valence-corrected chi connectivity index (χ3v) is 4.21. The molecule has 5 nitrogen and oxygen atoms in total. The number of anilines is 1. The van der Waals surface area contributed by atoms with E-state index in [4.69, 9.17) is 11.6 Å². The molecular weight excluding hydrogens is 348 g/mol. The second kappa shape index (κ2) is 8.97. The zero-order chi connectivity index (χ0) is 18.2. The van der Waals surface area contributed by atoms with Crippen LogP contribution in [0.25, 0.3) is 0 Å². The normalized spacial score (nSPS) is 10.3. The Labute approximate surface area is 157 Å². The maximum Gasteiger partial charge on any atom is 0.271 e. The first-order valence-corrected chi connectivity index (χ1v) is 8.71. The number of amides is 1. The lowest BCUT2D eigenvalue weighted by Gasteiger charge is -2.08. The van der Waals surface area contributed by atoms with E-state index in [0.717, 1.165) is 18.5 Å². The van der Waals surface area contributed by atoms with Crippen molar-refractivity contribution in [3.63, 3.8) is 0 Å². The molecule has 0 aliphatic carbocycles. The van der Waals surface area contributed by atoms with Crippen molar-refractivity contribution in [1.29, 1.82) is 0 Å². The molecule has 0 saturated carbocycles. The highest BCUT2D eigenvalue weighted by atomic mass is 35.5. The first kappa shape index (κ1) is 17.9. The van der Waals surface area contributed by atoms with Crippen molar-refractivity contribution in [3.05, 3.63) is 88.8 Å². The molecule has 0 unspecified atom stereocenters. The zero-order valence-corrected chi connectivity index (χ0v) is 14.9. The Morgan fingerprint density at radius 2 is 1.73 bits per heavy atom. The molecule has 1 aromatic heterocycles. The van der Waals surface area contributed by atoms with E-state index in [1.54, 1.807) is 12.3 Å². The predicted octanol–water partition coefficient (Wildman–Crippen LogP) is 3.71. The lowest BCUT2D eigenvalue weighted by molar-refractivity contribution is 0.0945. The SMILES string of the molecule is O=C(NCc1ccccc1Cl)c1cnc(NCCc2ccccc2)cn1. The number of hydrogen-bond donors (Lipinski definition) is 2. The van der Waals surface area contributed by atoms with Gasteiger partial charge in [-0.15, -0.1) is 0 Å². The third-order valence-electron chi connectivity index (χ3n) is 3.84. The Morgan fingerprint density at radius 3 is 2.46 bits per heavy atom. The van der Waals surface area contributed by atoms with Gasteiger partial charge in [0.25, 0.3) is 5.91 Å². The van der Waals surface area contributed by atoms with Gasteiger partial charge in [-0.25, -0.2) is 9.97 Å². The molecule has 0 fully saturated rings. The number of hydrogen-bond acceptors (Lipinski definition) is 4. The van der Waals surface area contributed by atoms with E-state index in [-0.39, 0.29) is 11.6 Å². The van der Waals surface area contributed by atoms with Gasteiger partial charge in [0.1, 0.15) is 11.5 Å². The van der Waals surface area contributed by atoms with Crippen LogP contribution in [0.15, 0.2) is 67.0 Å². The predicted molar refractivity (Wildman–Crippen MR) is 103 cm³/mol. The van der Waals surface area contributed by atoms with Crippen LogP contribution in [0.1, 0.15) is 21.6 Å². The van der Waals surface area contributed by atoms with Crippen molar-refractivity contribution >= 4 is 23.3 Å². The minimum atomic E-state index is -0.284. The van der Waals surface area contributed by atoms with Crippen LogP contribution in [-0.4, -0.2) is 22.4 Å². The Balaban J connectivity index is 1.49. The second-order valence-corrected chi connectivity index (χ2v) is 6.13. The van der Waals surface area contributed by atoms with Gasteiger partial charge in [0, 0.05) is 18.1 Å². The van der Waals surface area contributed by atoms with Gasteiger partial charge in [-0.2, -0.15) is 0 Å². The molecule has 26 heavy (non-hydrogen) atoms. The van der Waals surface area contributed by atoms with Crippen LogP contribution in [0.4, 0.5) is 5.82 Å². The van der Waals surface area contributed by atoms with E-state index in [9.17, 15) is 4.79 Å². The molecular formula is C20H19ClN4O. The molecule has 0 aliphatic heterocycles. The third kappa shape index (κ3) is 5.04. The maximum absolute atomic E-state index is 12.2. The summed E-state index contributed by atoms with van der Waals surface area (Å²) in [5.41, 5.74) is 2.38. The molecule has 0 atom stereocenters. The molecule has 0 aliphatic rings. The molecule has 2 N–H and O–H groups in total. The fourth-order valence-corrected chi connectivity index (χ4v) is 2.63. The quantitative estimate of drug-likeness (QED) is 0.668. The minimum Gasteiger partial charge on any atom is -0.368 e. The number of nitrogens with zero attached hydrogens (tertiary/aromatic N) is 2. The van der Waals surface area contributed by atoms with Gasteiger partial charge < -0.3 is 10.6 Å². The first-order chi connectivity index (χ1) is 12.7. The number of aromatic nitrogens is 2. The van der Waals surface area contributed by atoms with Crippen LogP contribution in [0.2, 0.25) is 5.02 Å². The number of nitrogens with one attached hydrogen (secondary N) is 2. The number of halogens is 1. The monoisotopic (exact) mass is 366 g/mol. The summed E-state index contributed by atoms with van der Waals surface area (Å²) >= 11 is 6.08. The number of carbonyl (C=O) groups excluding carboxylic acids is 1. The highest BCUT2D eigenvalue weighted by Crippen LogP contribution is 2.14. The highest BCUT2D eigenvalue weighted by molar-refractivity contribution is 6.31. The Morgan fingerprint density at radius 1 is 0.962 bits per heavy atom. The van der Waals surface area contributed by atoms with Crippen molar-refractivity contribution in [3.8, 4) is 0 Å². The van der Waals surface area contributed by atoms with E-state index in [0.29, 0.717) is 17.4 Å². The summed E-state index contributed by atoms with van der Waals surface area (Å²) in [4.78, 5) is 20.6. The highest BCUT2D eigenvalue weighted by Gasteiger charge is 2.08. The Bertz CT molecular complexity index is 853. The summed E-state index contributed by atoms with van der Waals surface area (Å²) in [6, 6.07) is 17.6. The van der Waals surface area contributed by atoms with Crippen LogP contribution in [-0.2, 0) is 13.0 Å². The molecule has 0 radical (unpaired) electrons. The van der Waals surface area contributed by atoms with Crippen molar-refractivity contribution < 1.29 is 4.79 Å². The van der Waals surface area contributed by atoms with Crippen molar-refractivity contribution in [2.45, 2.75) is 13.0 Å². The summed E-state index contributed by atoms with van der Waals surface area (Å²) in [5, 5.41) is 6.62. The van der Waals surface area contributed by atoms with E-state index < -0.39 is 0 Å². The summed E-state index contributed by atoms with van der Waals surface area (Å²) in [6.45, 7) is 1.09. The average Bonchev–Trinajstić information content (AvgIpc) is 2.68. The molecule has 0 bridgehead atoms. The smallest absolute Gasteiger partial charge is 0.271 e. The van der Waals surface area contributed by atoms with Gasteiger partial charge in [0.2, 0.25) is 0 Å². The van der Waals surface area contributed by atoms with Crippen LogP contribution in [0.3, 0.4) is 0 Å². The lowest BCUT2D eigenvalue weighted by Crippen LogP contribution is -2.24. The average molecular weight is 367 g/mol. The fourth-order valence-electron chi connectivity index (χ4n) is 2.42. The summed E-state index contributed by atoms with van der Waals surface area (Å²) in [5.74, 6) is 0.358.